The van der Waals surface area contributed by atoms with Gasteiger partial charge in [0.05, 0.1) is 12.8 Å². The molecule has 1 aromatic heterocycles. The minimum absolute atomic E-state index is 0.179. The van der Waals surface area contributed by atoms with Gasteiger partial charge in [-0.25, -0.2) is 0 Å². The fraction of sp³-hybridized carbons (Fsp3) is 0.600. The Morgan fingerprint density at radius 1 is 1.50 bits per heavy atom. The summed E-state index contributed by atoms with van der Waals surface area (Å²) in [5, 5.41) is 0. The molecule has 98 valence electrons. The Bertz CT molecular complexity index is 464. The second-order valence-electron chi connectivity index (χ2n) is 5.32. The number of Topliss-reactive ketones (excluding diaryl/α,β-unsaturated/α-hetero) is 1. The molecule has 0 amide bonds. The summed E-state index contributed by atoms with van der Waals surface area (Å²) in [6.45, 7) is 5.99. The minimum Gasteiger partial charge on any atom is -0.496 e. The largest absolute Gasteiger partial charge is 0.496 e. The van der Waals surface area contributed by atoms with Crippen molar-refractivity contribution in [3.05, 3.63) is 23.0 Å². The van der Waals surface area contributed by atoms with Crippen molar-refractivity contribution in [2.45, 2.75) is 40.0 Å². The van der Waals surface area contributed by atoms with Crippen LogP contribution in [0.3, 0.4) is 0 Å². The molecular formula is C15H21NO2. The van der Waals surface area contributed by atoms with E-state index >= 15 is 0 Å². The molecule has 0 saturated heterocycles. The van der Waals surface area contributed by atoms with Crippen LogP contribution in [-0.2, 0) is 11.2 Å². The van der Waals surface area contributed by atoms with Crippen LogP contribution in [-0.4, -0.2) is 17.9 Å². The predicted octanol–water partition coefficient (Wildman–Crippen LogP) is 2.86. The Morgan fingerprint density at radius 3 is 2.72 bits per heavy atom. The van der Waals surface area contributed by atoms with Crippen LogP contribution in [0.5, 0.6) is 5.75 Å². The highest BCUT2D eigenvalue weighted by atomic mass is 16.5. The fourth-order valence-corrected chi connectivity index (χ4v) is 2.43. The molecule has 1 aliphatic carbocycles. The van der Waals surface area contributed by atoms with Gasteiger partial charge in [0.15, 0.2) is 0 Å². The average molecular weight is 247 g/mol. The Morgan fingerprint density at radius 2 is 2.17 bits per heavy atom. The molecule has 3 nitrogen and oxygen atoms in total. The number of ether oxygens (including phenoxy) is 1. The van der Waals surface area contributed by atoms with Crippen molar-refractivity contribution in [1.82, 2.24) is 4.98 Å². The highest BCUT2D eigenvalue weighted by Crippen LogP contribution is 2.37. The van der Waals surface area contributed by atoms with E-state index in [9.17, 15) is 4.79 Å². The summed E-state index contributed by atoms with van der Waals surface area (Å²) < 4.78 is 5.37. The molecule has 0 radical (unpaired) electrons. The molecule has 3 heteroatoms. The first kappa shape index (κ1) is 13.1. The third-order valence-corrected chi connectivity index (χ3v) is 3.93. The molecular weight excluding hydrogens is 226 g/mol. The van der Waals surface area contributed by atoms with Crippen LogP contribution >= 0.6 is 0 Å². The van der Waals surface area contributed by atoms with E-state index in [1.54, 1.807) is 13.3 Å². The molecule has 0 aromatic carbocycles. The zero-order valence-corrected chi connectivity index (χ0v) is 11.6. The van der Waals surface area contributed by atoms with Gasteiger partial charge in [0.2, 0.25) is 0 Å². The van der Waals surface area contributed by atoms with Gasteiger partial charge >= 0.3 is 0 Å². The predicted molar refractivity (Wildman–Crippen MR) is 70.9 cm³/mol. The molecule has 0 N–H and O–H groups in total. The molecule has 0 spiro atoms. The van der Waals surface area contributed by atoms with Gasteiger partial charge in [0, 0.05) is 29.7 Å². The number of ketones is 1. The Labute approximate surface area is 109 Å². The number of rotatable bonds is 5. The van der Waals surface area contributed by atoms with Crippen LogP contribution < -0.4 is 4.74 Å². The molecule has 0 bridgehead atoms. The summed E-state index contributed by atoms with van der Waals surface area (Å²) in [7, 11) is 1.66. The highest BCUT2D eigenvalue weighted by molar-refractivity contribution is 5.83. The molecule has 1 heterocycles. The molecule has 1 unspecified atom stereocenters. The summed E-state index contributed by atoms with van der Waals surface area (Å²) in [4.78, 5) is 16.5. The van der Waals surface area contributed by atoms with Gasteiger partial charge in [-0.05, 0) is 32.6 Å². The number of carbonyl (C=O) groups is 1. The first-order valence-corrected chi connectivity index (χ1v) is 6.56. The van der Waals surface area contributed by atoms with Crippen molar-refractivity contribution in [2.75, 3.05) is 7.11 Å². The lowest BCUT2D eigenvalue weighted by atomic mass is 9.95. The van der Waals surface area contributed by atoms with Crippen molar-refractivity contribution in [3.8, 4) is 5.75 Å². The van der Waals surface area contributed by atoms with Gasteiger partial charge in [-0.15, -0.1) is 0 Å². The first-order valence-electron chi connectivity index (χ1n) is 6.56. The standard InChI is InChI=1S/C15H21NO2/c1-9-8-16-13(11(3)15(9)18-4)7-14(17)10(2)12-5-6-12/h8,10,12H,5-7H2,1-4H3. The smallest absolute Gasteiger partial charge is 0.141 e. The SMILES string of the molecule is COc1c(C)cnc(CC(=O)C(C)C2CC2)c1C. The molecule has 1 aromatic rings. The number of methoxy groups -OCH3 is 1. The van der Waals surface area contributed by atoms with Crippen LogP contribution in [0.1, 0.15) is 36.6 Å². The summed E-state index contributed by atoms with van der Waals surface area (Å²) in [6.07, 6.45) is 4.63. The monoisotopic (exact) mass is 247 g/mol. The molecule has 1 saturated carbocycles. The summed E-state index contributed by atoms with van der Waals surface area (Å²) in [5.74, 6) is 1.95. The fourth-order valence-electron chi connectivity index (χ4n) is 2.43. The van der Waals surface area contributed by atoms with E-state index in [1.165, 1.54) is 12.8 Å². The lowest BCUT2D eigenvalue weighted by Gasteiger charge is -2.13. The van der Waals surface area contributed by atoms with Gasteiger partial charge in [0.25, 0.3) is 0 Å². The molecule has 1 fully saturated rings. The average Bonchev–Trinajstić information content (AvgIpc) is 3.16. The second kappa shape index (κ2) is 5.09. The Hall–Kier alpha value is -1.38. The van der Waals surface area contributed by atoms with E-state index < -0.39 is 0 Å². The topological polar surface area (TPSA) is 39.2 Å². The van der Waals surface area contributed by atoms with E-state index in [1.807, 2.05) is 20.8 Å². The van der Waals surface area contributed by atoms with Crippen LogP contribution in [0, 0.1) is 25.7 Å². The third-order valence-electron chi connectivity index (χ3n) is 3.93. The lowest BCUT2D eigenvalue weighted by molar-refractivity contribution is -0.122. The molecule has 0 aliphatic heterocycles. The second-order valence-corrected chi connectivity index (χ2v) is 5.32. The Balaban J connectivity index is 2.16. The van der Waals surface area contributed by atoms with E-state index in [2.05, 4.69) is 4.98 Å². The van der Waals surface area contributed by atoms with Crippen LogP contribution in [0.2, 0.25) is 0 Å². The zero-order valence-electron chi connectivity index (χ0n) is 11.6. The summed E-state index contributed by atoms with van der Waals surface area (Å²) in [6, 6.07) is 0. The van der Waals surface area contributed by atoms with Gasteiger partial charge in [-0.1, -0.05) is 6.92 Å². The number of aromatic nitrogens is 1. The van der Waals surface area contributed by atoms with Gasteiger partial charge in [-0.2, -0.15) is 0 Å². The highest BCUT2D eigenvalue weighted by Gasteiger charge is 2.32. The quantitative estimate of drug-likeness (QED) is 0.803. The maximum absolute atomic E-state index is 12.1. The maximum atomic E-state index is 12.1. The number of aryl methyl sites for hydroxylation is 1. The van der Waals surface area contributed by atoms with Crippen LogP contribution in [0.15, 0.2) is 6.20 Å². The zero-order chi connectivity index (χ0) is 13.3. The van der Waals surface area contributed by atoms with Crippen LogP contribution in [0.4, 0.5) is 0 Å². The molecule has 1 aliphatic rings. The molecule has 1 atom stereocenters. The normalized spacial score (nSPS) is 16.4. The lowest BCUT2D eigenvalue weighted by Crippen LogP contribution is -2.17. The van der Waals surface area contributed by atoms with Crippen molar-refractivity contribution in [3.63, 3.8) is 0 Å². The van der Waals surface area contributed by atoms with Gasteiger partial charge < -0.3 is 4.74 Å². The number of nitrogens with zero attached hydrogens (tertiary/aromatic N) is 1. The summed E-state index contributed by atoms with van der Waals surface area (Å²) >= 11 is 0. The van der Waals surface area contributed by atoms with E-state index in [0.29, 0.717) is 18.1 Å². The Kier molecular flexibility index (Phi) is 3.69. The maximum Gasteiger partial charge on any atom is 0.141 e. The number of pyridine rings is 1. The first-order chi connectivity index (χ1) is 8.54. The van der Waals surface area contributed by atoms with Crippen LogP contribution in [0.25, 0.3) is 0 Å². The molecule has 18 heavy (non-hydrogen) atoms. The van der Waals surface area contributed by atoms with Crippen molar-refractivity contribution in [2.24, 2.45) is 11.8 Å². The van der Waals surface area contributed by atoms with Gasteiger partial charge in [-0.3, -0.25) is 9.78 Å². The third kappa shape index (κ3) is 2.55. The van der Waals surface area contributed by atoms with E-state index in [4.69, 9.17) is 4.74 Å². The van der Waals surface area contributed by atoms with Crippen molar-refractivity contribution >= 4 is 5.78 Å². The number of carbonyl (C=O) groups excluding carboxylic acids is 1. The summed E-state index contributed by atoms with van der Waals surface area (Å²) in [5.41, 5.74) is 2.87. The van der Waals surface area contributed by atoms with E-state index in [-0.39, 0.29) is 5.92 Å². The van der Waals surface area contributed by atoms with Crippen molar-refractivity contribution in [1.29, 1.82) is 0 Å². The van der Waals surface area contributed by atoms with E-state index in [0.717, 1.165) is 22.6 Å². The molecule has 2 rings (SSSR count). The van der Waals surface area contributed by atoms with Crippen molar-refractivity contribution < 1.29 is 9.53 Å². The number of hydrogen-bond acceptors (Lipinski definition) is 3. The minimum atomic E-state index is 0.179. The number of hydrogen-bond donors (Lipinski definition) is 0. The van der Waals surface area contributed by atoms with Gasteiger partial charge in [0.1, 0.15) is 11.5 Å².